The fraction of sp³-hybridized carbons (Fsp3) is 0.611. The van der Waals surface area contributed by atoms with Crippen molar-refractivity contribution in [3.05, 3.63) is 29.8 Å². The molecule has 7 heteroatoms. The lowest BCUT2D eigenvalue weighted by molar-refractivity contribution is -0.127. The van der Waals surface area contributed by atoms with E-state index >= 15 is 0 Å². The van der Waals surface area contributed by atoms with E-state index in [2.05, 4.69) is 4.90 Å². The second kappa shape index (κ2) is 7.74. The Bertz CT molecular complexity index is 702. The van der Waals surface area contributed by atoms with E-state index in [0.717, 1.165) is 24.3 Å². The smallest absolute Gasteiger partial charge is 0.222 e. The van der Waals surface area contributed by atoms with Crippen molar-refractivity contribution < 1.29 is 17.9 Å². The van der Waals surface area contributed by atoms with Gasteiger partial charge in [-0.05, 0) is 30.5 Å². The number of carbonyl (C=O) groups excluding carboxylic acids is 1. The molecule has 0 aromatic heterocycles. The second-order valence-electron chi connectivity index (χ2n) is 6.86. The molecule has 2 aliphatic rings. The topological polar surface area (TPSA) is 66.9 Å². The van der Waals surface area contributed by atoms with Gasteiger partial charge in [0.15, 0.2) is 9.84 Å². The van der Waals surface area contributed by atoms with Gasteiger partial charge in [-0.1, -0.05) is 12.1 Å². The van der Waals surface area contributed by atoms with Gasteiger partial charge < -0.3 is 9.64 Å². The van der Waals surface area contributed by atoms with E-state index in [1.807, 2.05) is 29.2 Å². The number of sulfone groups is 1. The number of hydrogen-bond donors (Lipinski definition) is 0. The van der Waals surface area contributed by atoms with Crippen molar-refractivity contribution in [2.75, 3.05) is 38.2 Å². The Morgan fingerprint density at radius 3 is 2.60 bits per heavy atom. The Kier molecular flexibility index (Phi) is 5.64. The molecule has 0 spiro atoms. The Morgan fingerprint density at radius 1 is 1.28 bits per heavy atom. The van der Waals surface area contributed by atoms with Crippen LogP contribution < -0.4 is 4.74 Å². The summed E-state index contributed by atoms with van der Waals surface area (Å²) in [5.74, 6) is 1.50. The Balaban J connectivity index is 1.67. The molecule has 2 aliphatic heterocycles. The molecule has 0 bridgehead atoms. The first-order valence-electron chi connectivity index (χ1n) is 8.82. The molecule has 0 radical (unpaired) electrons. The first kappa shape index (κ1) is 18.2. The average Bonchev–Trinajstić information content (AvgIpc) is 3.17. The van der Waals surface area contributed by atoms with E-state index in [-0.39, 0.29) is 23.5 Å². The molecule has 138 valence electrons. The molecule has 1 aromatic rings. The lowest BCUT2D eigenvalue weighted by Gasteiger charge is -2.30. The normalized spacial score (nSPS) is 22.7. The Hall–Kier alpha value is -1.60. The standard InChI is InChI=1S/C18H26N2O4S/c1-24-17-6-4-15(5-7-17)13-20(16-8-12-25(22,23)14-16)11-10-19-9-2-3-18(19)21/h4-7,16H,2-3,8-14H2,1H3. The minimum absolute atomic E-state index is 0.0322. The third kappa shape index (κ3) is 4.73. The van der Waals surface area contributed by atoms with Crippen LogP contribution in [0.2, 0.25) is 0 Å². The quantitative estimate of drug-likeness (QED) is 0.728. The van der Waals surface area contributed by atoms with Crippen molar-refractivity contribution in [1.29, 1.82) is 0 Å². The zero-order chi connectivity index (χ0) is 17.9. The lowest BCUT2D eigenvalue weighted by atomic mass is 10.1. The van der Waals surface area contributed by atoms with Crippen LogP contribution in [0.25, 0.3) is 0 Å². The largest absolute Gasteiger partial charge is 0.497 e. The molecule has 3 rings (SSSR count). The van der Waals surface area contributed by atoms with Gasteiger partial charge >= 0.3 is 0 Å². The predicted molar refractivity (Wildman–Crippen MR) is 96.3 cm³/mol. The minimum atomic E-state index is -2.93. The SMILES string of the molecule is COc1ccc(CN(CCN2CCCC2=O)C2CCS(=O)(=O)C2)cc1. The molecule has 25 heavy (non-hydrogen) atoms. The highest BCUT2D eigenvalue weighted by Gasteiger charge is 2.32. The summed E-state index contributed by atoms with van der Waals surface area (Å²) < 4.78 is 29.0. The molecule has 2 saturated heterocycles. The highest BCUT2D eigenvalue weighted by molar-refractivity contribution is 7.91. The highest BCUT2D eigenvalue weighted by atomic mass is 32.2. The van der Waals surface area contributed by atoms with Crippen molar-refractivity contribution in [3.63, 3.8) is 0 Å². The third-order valence-electron chi connectivity index (χ3n) is 5.10. The van der Waals surface area contributed by atoms with E-state index in [4.69, 9.17) is 4.74 Å². The van der Waals surface area contributed by atoms with Crippen LogP contribution >= 0.6 is 0 Å². The summed E-state index contributed by atoms with van der Waals surface area (Å²) in [5.41, 5.74) is 1.12. The van der Waals surface area contributed by atoms with Gasteiger partial charge in [0.2, 0.25) is 5.91 Å². The zero-order valence-electron chi connectivity index (χ0n) is 14.7. The molecule has 2 fully saturated rings. The molecule has 1 unspecified atom stereocenters. The molecule has 1 amide bonds. The molecule has 0 N–H and O–H groups in total. The maximum Gasteiger partial charge on any atom is 0.222 e. The molecular formula is C18H26N2O4S. The lowest BCUT2D eigenvalue weighted by Crippen LogP contribution is -2.41. The van der Waals surface area contributed by atoms with Crippen LogP contribution in [0, 0.1) is 0 Å². The van der Waals surface area contributed by atoms with Crippen molar-refractivity contribution in [2.45, 2.75) is 31.8 Å². The van der Waals surface area contributed by atoms with Gasteiger partial charge in [-0.15, -0.1) is 0 Å². The summed E-state index contributed by atoms with van der Waals surface area (Å²) in [7, 11) is -1.30. The van der Waals surface area contributed by atoms with Crippen LogP contribution in [0.5, 0.6) is 5.75 Å². The zero-order valence-corrected chi connectivity index (χ0v) is 15.5. The van der Waals surface area contributed by atoms with Gasteiger partial charge in [0, 0.05) is 38.6 Å². The van der Waals surface area contributed by atoms with Crippen LogP contribution in [-0.2, 0) is 21.2 Å². The van der Waals surface area contributed by atoms with Crippen LogP contribution in [0.15, 0.2) is 24.3 Å². The third-order valence-corrected chi connectivity index (χ3v) is 6.85. The maximum atomic E-state index is 11.9. The van der Waals surface area contributed by atoms with E-state index < -0.39 is 9.84 Å². The number of amides is 1. The molecule has 0 aliphatic carbocycles. The van der Waals surface area contributed by atoms with Crippen LogP contribution in [-0.4, -0.2) is 68.4 Å². The van der Waals surface area contributed by atoms with Crippen LogP contribution in [0.4, 0.5) is 0 Å². The van der Waals surface area contributed by atoms with E-state index in [1.54, 1.807) is 7.11 Å². The maximum absolute atomic E-state index is 11.9. The fourth-order valence-electron chi connectivity index (χ4n) is 3.61. The van der Waals surface area contributed by atoms with Gasteiger partial charge in [0.25, 0.3) is 0 Å². The first-order chi connectivity index (χ1) is 12.0. The van der Waals surface area contributed by atoms with Gasteiger partial charge in [-0.25, -0.2) is 8.42 Å². The summed E-state index contributed by atoms with van der Waals surface area (Å²) in [6, 6.07) is 7.89. The van der Waals surface area contributed by atoms with Crippen molar-refractivity contribution >= 4 is 15.7 Å². The van der Waals surface area contributed by atoms with Gasteiger partial charge in [0.1, 0.15) is 5.75 Å². The van der Waals surface area contributed by atoms with E-state index in [9.17, 15) is 13.2 Å². The van der Waals surface area contributed by atoms with Crippen molar-refractivity contribution in [1.82, 2.24) is 9.80 Å². The first-order valence-corrected chi connectivity index (χ1v) is 10.6. The highest BCUT2D eigenvalue weighted by Crippen LogP contribution is 2.21. The monoisotopic (exact) mass is 366 g/mol. The number of nitrogens with zero attached hydrogens (tertiary/aromatic N) is 2. The molecule has 2 heterocycles. The average molecular weight is 366 g/mol. The molecule has 6 nitrogen and oxygen atoms in total. The van der Waals surface area contributed by atoms with Crippen LogP contribution in [0.1, 0.15) is 24.8 Å². The number of rotatable bonds is 7. The molecule has 0 saturated carbocycles. The molecular weight excluding hydrogens is 340 g/mol. The van der Waals surface area contributed by atoms with Gasteiger partial charge in [0.05, 0.1) is 18.6 Å². The Morgan fingerprint density at radius 2 is 2.04 bits per heavy atom. The fourth-order valence-corrected chi connectivity index (χ4v) is 5.37. The summed E-state index contributed by atoms with van der Waals surface area (Å²) in [5, 5.41) is 0. The predicted octanol–water partition coefficient (Wildman–Crippen LogP) is 1.31. The van der Waals surface area contributed by atoms with E-state index in [0.29, 0.717) is 32.5 Å². The molecule has 1 atom stereocenters. The van der Waals surface area contributed by atoms with Crippen molar-refractivity contribution in [2.24, 2.45) is 0 Å². The number of methoxy groups -OCH3 is 1. The van der Waals surface area contributed by atoms with Crippen LogP contribution in [0.3, 0.4) is 0 Å². The number of hydrogen-bond acceptors (Lipinski definition) is 5. The van der Waals surface area contributed by atoms with Crippen molar-refractivity contribution in [3.8, 4) is 5.75 Å². The second-order valence-corrected chi connectivity index (χ2v) is 9.09. The number of ether oxygens (including phenoxy) is 1. The minimum Gasteiger partial charge on any atom is -0.497 e. The number of likely N-dealkylation sites (tertiary alicyclic amines) is 1. The number of carbonyl (C=O) groups is 1. The summed E-state index contributed by atoms with van der Waals surface area (Å²) in [6.07, 6.45) is 2.23. The summed E-state index contributed by atoms with van der Waals surface area (Å²) >= 11 is 0. The number of benzene rings is 1. The molecule has 1 aromatic carbocycles. The summed E-state index contributed by atoms with van der Waals surface area (Å²) in [6.45, 7) is 2.88. The summed E-state index contributed by atoms with van der Waals surface area (Å²) in [4.78, 5) is 16.0. The Labute approximate surface area is 149 Å². The van der Waals surface area contributed by atoms with Gasteiger partial charge in [-0.2, -0.15) is 0 Å². The van der Waals surface area contributed by atoms with E-state index in [1.165, 1.54) is 0 Å². The van der Waals surface area contributed by atoms with Gasteiger partial charge in [-0.3, -0.25) is 9.69 Å².